The van der Waals surface area contributed by atoms with Crippen LogP contribution in [0.1, 0.15) is 79.6 Å². The van der Waals surface area contributed by atoms with Gasteiger partial charge in [-0.05, 0) is 83.8 Å². The SMILES string of the molecule is CC(=O)O[C@@H](C)/C=C\C(=O)N[C@@H]1C[C@H](C)[C@H](C/C=C(C)/C=C/[C@H]2O[C@H](CC(=O)NCCC[SH](C)(C)=O)CC3(CC3)[C@@H]2O)O[C@@H]1C. The van der Waals surface area contributed by atoms with Gasteiger partial charge in [-0.25, -0.2) is 0 Å². The van der Waals surface area contributed by atoms with E-state index in [4.69, 9.17) is 14.2 Å². The topological polar surface area (TPSA) is 140 Å². The summed E-state index contributed by atoms with van der Waals surface area (Å²) >= 11 is 0. The Kier molecular flexibility index (Phi) is 13.6. The molecule has 3 N–H and O–H groups in total. The number of aliphatic hydroxyl groups is 1. The Bertz CT molecular complexity index is 1170. The molecule has 0 aromatic carbocycles. The Hall–Kier alpha value is -2.34. The second kappa shape index (κ2) is 16.5. The van der Waals surface area contributed by atoms with Gasteiger partial charge in [0.05, 0.1) is 36.9 Å². The summed E-state index contributed by atoms with van der Waals surface area (Å²) in [6, 6.07) is -0.122. The smallest absolute Gasteiger partial charge is 0.303 e. The zero-order valence-corrected chi connectivity index (χ0v) is 29.0. The Morgan fingerprint density at radius 3 is 2.49 bits per heavy atom. The number of ether oxygens (including phenoxy) is 3. The summed E-state index contributed by atoms with van der Waals surface area (Å²) in [4.78, 5) is 36.0. The summed E-state index contributed by atoms with van der Waals surface area (Å²) in [5.41, 5.74) is 0.863. The van der Waals surface area contributed by atoms with Gasteiger partial charge in [0.1, 0.15) is 12.2 Å². The monoisotopic (exact) mass is 652 g/mol. The third-order valence-electron chi connectivity index (χ3n) is 9.06. The lowest BCUT2D eigenvalue weighted by atomic mass is 9.84. The molecule has 0 unspecified atom stereocenters. The molecule has 0 aromatic rings. The van der Waals surface area contributed by atoms with E-state index < -0.39 is 34.2 Å². The zero-order chi connectivity index (χ0) is 33.4. The van der Waals surface area contributed by atoms with Gasteiger partial charge in [0.25, 0.3) is 0 Å². The summed E-state index contributed by atoms with van der Waals surface area (Å²) in [5.74, 6) is 0.126. The molecular formula is C34H56N2O8S. The van der Waals surface area contributed by atoms with E-state index in [2.05, 4.69) is 23.6 Å². The van der Waals surface area contributed by atoms with Crippen molar-refractivity contribution in [3.63, 3.8) is 0 Å². The van der Waals surface area contributed by atoms with Gasteiger partial charge >= 0.3 is 5.97 Å². The molecule has 3 fully saturated rings. The van der Waals surface area contributed by atoms with Crippen molar-refractivity contribution in [2.24, 2.45) is 11.3 Å². The van der Waals surface area contributed by atoms with E-state index in [-0.39, 0.29) is 53.9 Å². The molecule has 2 amide bonds. The average Bonchev–Trinajstić information content (AvgIpc) is 3.71. The molecule has 3 aliphatic rings. The van der Waals surface area contributed by atoms with Crippen molar-refractivity contribution in [3.8, 4) is 0 Å². The van der Waals surface area contributed by atoms with Gasteiger partial charge < -0.3 is 30.0 Å². The van der Waals surface area contributed by atoms with Crippen molar-refractivity contribution in [3.05, 3.63) is 36.0 Å². The number of nitrogens with one attached hydrogen (secondary N) is 2. The molecule has 1 spiro atoms. The summed E-state index contributed by atoms with van der Waals surface area (Å²) < 4.78 is 29.4. The van der Waals surface area contributed by atoms with E-state index in [9.17, 15) is 23.7 Å². The fraction of sp³-hybridized carbons (Fsp3) is 0.735. The maximum absolute atomic E-state index is 12.6. The van der Waals surface area contributed by atoms with Gasteiger partial charge in [-0.1, -0.05) is 30.7 Å². The first-order chi connectivity index (χ1) is 21.1. The normalized spacial score (nSPS) is 31.1. The quantitative estimate of drug-likeness (QED) is 0.0738. The van der Waals surface area contributed by atoms with E-state index in [0.717, 1.165) is 24.8 Å². The molecule has 2 saturated heterocycles. The van der Waals surface area contributed by atoms with Gasteiger partial charge in [0, 0.05) is 30.7 Å². The highest BCUT2D eigenvalue weighted by atomic mass is 32.2. The number of esters is 1. The third-order valence-corrected chi connectivity index (χ3v) is 10.5. The van der Waals surface area contributed by atoms with Crippen molar-refractivity contribution < 1.29 is 37.9 Å². The number of allylic oxidation sites excluding steroid dienone is 2. The summed E-state index contributed by atoms with van der Waals surface area (Å²) in [6.45, 7) is 9.63. The second-order valence-corrected chi connectivity index (χ2v) is 17.5. The molecular weight excluding hydrogens is 596 g/mol. The Morgan fingerprint density at radius 2 is 1.84 bits per heavy atom. The summed E-state index contributed by atoms with van der Waals surface area (Å²) in [7, 11) is -2.08. The van der Waals surface area contributed by atoms with Crippen LogP contribution in [0.5, 0.6) is 0 Å². The molecule has 0 radical (unpaired) electrons. The maximum Gasteiger partial charge on any atom is 0.303 e. The van der Waals surface area contributed by atoms with Crippen LogP contribution in [0.3, 0.4) is 0 Å². The lowest BCUT2D eigenvalue weighted by Crippen LogP contribution is -2.50. The fourth-order valence-corrected chi connectivity index (χ4v) is 7.17. The van der Waals surface area contributed by atoms with Gasteiger partial charge in [0.15, 0.2) is 0 Å². The van der Waals surface area contributed by atoms with Crippen LogP contribution in [-0.2, 0) is 38.5 Å². The van der Waals surface area contributed by atoms with Gasteiger partial charge in [-0.2, -0.15) is 0 Å². The lowest BCUT2D eigenvalue weighted by molar-refractivity contribution is -0.146. The number of hydrogen-bond donors (Lipinski definition) is 4. The number of amides is 2. The predicted octanol–water partition coefficient (Wildman–Crippen LogP) is 3.16. The average molecular weight is 653 g/mol. The van der Waals surface area contributed by atoms with Gasteiger partial charge in [-0.15, -0.1) is 9.93 Å². The molecule has 1 aliphatic carbocycles. The van der Waals surface area contributed by atoms with Crippen LogP contribution < -0.4 is 10.6 Å². The van der Waals surface area contributed by atoms with Crippen LogP contribution in [0.25, 0.3) is 0 Å². The molecule has 3 rings (SSSR count). The highest BCUT2D eigenvalue weighted by Gasteiger charge is 2.56. The third kappa shape index (κ3) is 12.4. The van der Waals surface area contributed by atoms with Crippen molar-refractivity contribution in [2.45, 2.75) is 122 Å². The van der Waals surface area contributed by atoms with Crippen molar-refractivity contribution in [1.29, 1.82) is 0 Å². The highest BCUT2D eigenvalue weighted by Crippen LogP contribution is 2.56. The molecule has 11 heteroatoms. The largest absolute Gasteiger partial charge is 0.459 e. The Labute approximate surface area is 270 Å². The predicted molar refractivity (Wildman–Crippen MR) is 177 cm³/mol. The summed E-state index contributed by atoms with van der Waals surface area (Å²) in [5, 5.41) is 17.0. The van der Waals surface area contributed by atoms with Crippen LogP contribution in [-0.4, -0.2) is 94.6 Å². The minimum absolute atomic E-state index is 0.00627. The molecule has 0 bridgehead atoms. The molecule has 2 aliphatic heterocycles. The minimum atomic E-state index is -2.08. The van der Waals surface area contributed by atoms with E-state index in [0.29, 0.717) is 31.6 Å². The van der Waals surface area contributed by atoms with Crippen LogP contribution in [0.2, 0.25) is 0 Å². The van der Waals surface area contributed by atoms with E-state index in [1.54, 1.807) is 25.5 Å². The van der Waals surface area contributed by atoms with Crippen LogP contribution in [0.15, 0.2) is 36.0 Å². The van der Waals surface area contributed by atoms with Crippen LogP contribution >= 0.6 is 0 Å². The first-order valence-corrected chi connectivity index (χ1v) is 19.2. The van der Waals surface area contributed by atoms with E-state index >= 15 is 0 Å². The molecule has 8 atom stereocenters. The molecule has 45 heavy (non-hydrogen) atoms. The first kappa shape index (κ1) is 37.1. The number of rotatable bonds is 14. The number of thiol groups is 1. The van der Waals surface area contributed by atoms with Gasteiger partial charge in [-0.3, -0.25) is 18.6 Å². The molecule has 2 heterocycles. The number of hydrogen-bond acceptors (Lipinski definition) is 8. The first-order valence-electron chi connectivity index (χ1n) is 16.4. The number of aliphatic hydroxyl groups excluding tert-OH is 1. The van der Waals surface area contributed by atoms with Gasteiger partial charge in [0.2, 0.25) is 11.8 Å². The molecule has 10 nitrogen and oxygen atoms in total. The Morgan fingerprint density at radius 1 is 1.13 bits per heavy atom. The highest BCUT2D eigenvalue weighted by molar-refractivity contribution is 8.01. The van der Waals surface area contributed by atoms with Crippen molar-refractivity contribution in [1.82, 2.24) is 10.6 Å². The van der Waals surface area contributed by atoms with E-state index in [1.165, 1.54) is 13.0 Å². The maximum atomic E-state index is 12.6. The van der Waals surface area contributed by atoms with E-state index in [1.807, 2.05) is 26.0 Å². The Balaban J connectivity index is 1.48. The zero-order valence-electron chi connectivity index (χ0n) is 28.1. The number of carbonyl (C=O) groups excluding carboxylic acids is 3. The van der Waals surface area contributed by atoms with Crippen LogP contribution in [0.4, 0.5) is 0 Å². The molecule has 256 valence electrons. The number of carbonyl (C=O) groups is 3. The van der Waals surface area contributed by atoms with Crippen LogP contribution in [0, 0.1) is 11.3 Å². The standard InChI is InChI=1S/C34H56N2O8S/c1-22(9-12-29-23(2)19-28(25(4)43-29)36-31(38)14-11-24(3)42-26(5)37)10-13-30-33(40)34(15-16-34)21-27(44-30)20-32(39)35-17-8-18-45(6,7)41/h9-11,13-14,23-25,27-30,33,40,45H,8,12,15-21H2,1-7H3,(H,35,39)(H,36,38)/b13-10+,14-11-,22-9+/t23-,24-,25+,27+,28+,29-,30+,33+/m0/s1. The summed E-state index contributed by atoms with van der Waals surface area (Å²) in [6.07, 6.45) is 15.5. The van der Waals surface area contributed by atoms with Crippen molar-refractivity contribution in [2.75, 3.05) is 24.8 Å². The molecule has 0 aromatic heterocycles. The lowest BCUT2D eigenvalue weighted by Gasteiger charge is -2.39. The fourth-order valence-electron chi connectivity index (χ4n) is 6.25. The minimum Gasteiger partial charge on any atom is -0.459 e. The van der Waals surface area contributed by atoms with Crippen molar-refractivity contribution >= 4 is 27.7 Å². The molecule has 1 saturated carbocycles. The second-order valence-electron chi connectivity index (χ2n) is 13.9.